The number of nitrogens with two attached hydrogens (primary N) is 1. The molecule has 4 heteroatoms. The highest BCUT2D eigenvalue weighted by atomic mass is 35.5. The third-order valence-electron chi connectivity index (χ3n) is 2.73. The van der Waals surface area contributed by atoms with Gasteiger partial charge in [0.15, 0.2) is 0 Å². The number of carbonyl (C=O) groups is 1. The van der Waals surface area contributed by atoms with Crippen LogP contribution in [0.15, 0.2) is 0 Å². The lowest BCUT2D eigenvalue weighted by Crippen LogP contribution is -2.28. The first-order valence-electron chi connectivity index (χ1n) is 3.98. The van der Waals surface area contributed by atoms with E-state index in [1.54, 1.807) is 0 Å². The first-order chi connectivity index (χ1) is 5.04. The van der Waals surface area contributed by atoms with Crippen molar-refractivity contribution in [1.82, 2.24) is 0 Å². The van der Waals surface area contributed by atoms with Gasteiger partial charge in [-0.3, -0.25) is 4.79 Å². The SMILES string of the molecule is CC(C)C1CC1(CN)C(=O)O.Cl. The van der Waals surface area contributed by atoms with Crippen molar-refractivity contribution in [3.05, 3.63) is 0 Å². The summed E-state index contributed by atoms with van der Waals surface area (Å²) in [6, 6.07) is 0. The van der Waals surface area contributed by atoms with Crippen molar-refractivity contribution in [1.29, 1.82) is 0 Å². The van der Waals surface area contributed by atoms with E-state index in [0.29, 0.717) is 11.8 Å². The maximum atomic E-state index is 10.7. The Labute approximate surface area is 78.7 Å². The largest absolute Gasteiger partial charge is 0.481 e. The molecule has 1 rings (SSSR count). The fourth-order valence-electron chi connectivity index (χ4n) is 1.78. The molecule has 72 valence electrons. The van der Waals surface area contributed by atoms with Gasteiger partial charge in [-0.15, -0.1) is 12.4 Å². The van der Waals surface area contributed by atoms with Crippen LogP contribution in [0.3, 0.4) is 0 Å². The van der Waals surface area contributed by atoms with Crippen LogP contribution in [0.5, 0.6) is 0 Å². The molecule has 0 heterocycles. The van der Waals surface area contributed by atoms with Gasteiger partial charge in [-0.05, 0) is 18.3 Å². The number of rotatable bonds is 3. The summed E-state index contributed by atoms with van der Waals surface area (Å²) in [5.74, 6) is 0.0124. The lowest BCUT2D eigenvalue weighted by Gasteiger charge is -2.10. The van der Waals surface area contributed by atoms with Crippen LogP contribution >= 0.6 is 12.4 Å². The van der Waals surface area contributed by atoms with E-state index in [1.807, 2.05) is 13.8 Å². The van der Waals surface area contributed by atoms with E-state index in [-0.39, 0.29) is 19.0 Å². The summed E-state index contributed by atoms with van der Waals surface area (Å²) >= 11 is 0. The standard InChI is InChI=1S/C8H15NO2.ClH/c1-5(2)6-3-8(6,4-9)7(10)11;/h5-6H,3-4,9H2,1-2H3,(H,10,11);1H. The minimum atomic E-state index is -0.723. The van der Waals surface area contributed by atoms with Crippen LogP contribution in [-0.2, 0) is 4.79 Å². The molecule has 0 radical (unpaired) electrons. The Balaban J connectivity index is 0.00000121. The third kappa shape index (κ3) is 1.57. The highest BCUT2D eigenvalue weighted by Gasteiger charge is 2.60. The predicted octanol–water partition coefficient (Wildman–Crippen LogP) is 1.11. The molecule has 0 spiro atoms. The maximum Gasteiger partial charge on any atom is 0.311 e. The molecule has 1 saturated carbocycles. The van der Waals surface area contributed by atoms with E-state index in [0.717, 1.165) is 6.42 Å². The molecule has 0 aromatic carbocycles. The van der Waals surface area contributed by atoms with Gasteiger partial charge in [-0.2, -0.15) is 0 Å². The number of carboxylic acids is 1. The second-order valence-electron chi connectivity index (χ2n) is 3.72. The fraction of sp³-hybridized carbons (Fsp3) is 0.875. The van der Waals surface area contributed by atoms with Crippen molar-refractivity contribution >= 4 is 18.4 Å². The first kappa shape index (κ1) is 11.7. The Morgan fingerprint density at radius 1 is 1.75 bits per heavy atom. The van der Waals surface area contributed by atoms with Crippen molar-refractivity contribution in [2.24, 2.45) is 23.0 Å². The van der Waals surface area contributed by atoms with Gasteiger partial charge in [0.2, 0.25) is 0 Å². The van der Waals surface area contributed by atoms with Crippen molar-refractivity contribution in [2.75, 3.05) is 6.54 Å². The van der Waals surface area contributed by atoms with Gasteiger partial charge >= 0.3 is 5.97 Å². The quantitative estimate of drug-likeness (QED) is 0.706. The summed E-state index contributed by atoms with van der Waals surface area (Å²) in [5, 5.41) is 8.84. The molecule has 1 aliphatic carbocycles. The minimum Gasteiger partial charge on any atom is -0.481 e. The number of aliphatic carboxylic acids is 1. The van der Waals surface area contributed by atoms with Gasteiger partial charge in [-0.1, -0.05) is 13.8 Å². The number of hydrogen-bond donors (Lipinski definition) is 2. The van der Waals surface area contributed by atoms with E-state index in [2.05, 4.69) is 0 Å². The number of hydrogen-bond acceptors (Lipinski definition) is 2. The maximum absolute atomic E-state index is 10.7. The Bertz CT molecular complexity index is 184. The van der Waals surface area contributed by atoms with Crippen LogP contribution in [0.1, 0.15) is 20.3 Å². The topological polar surface area (TPSA) is 63.3 Å². The van der Waals surface area contributed by atoms with E-state index in [1.165, 1.54) is 0 Å². The summed E-state index contributed by atoms with van der Waals surface area (Å²) in [7, 11) is 0. The molecule has 3 nitrogen and oxygen atoms in total. The minimum absolute atomic E-state index is 0. The second-order valence-corrected chi connectivity index (χ2v) is 3.72. The zero-order chi connectivity index (χ0) is 8.65. The van der Waals surface area contributed by atoms with Crippen LogP contribution in [0.4, 0.5) is 0 Å². The van der Waals surface area contributed by atoms with E-state index >= 15 is 0 Å². The molecular formula is C8H16ClNO2. The van der Waals surface area contributed by atoms with E-state index in [4.69, 9.17) is 10.8 Å². The molecule has 0 amide bonds. The van der Waals surface area contributed by atoms with Crippen molar-refractivity contribution in [3.63, 3.8) is 0 Å². The lowest BCUT2D eigenvalue weighted by atomic mass is 9.97. The zero-order valence-corrected chi connectivity index (χ0v) is 8.23. The molecule has 0 saturated heterocycles. The average Bonchev–Trinajstić information content (AvgIpc) is 2.62. The zero-order valence-electron chi connectivity index (χ0n) is 7.41. The predicted molar refractivity (Wildman–Crippen MR) is 49.3 cm³/mol. The Hall–Kier alpha value is -0.280. The smallest absolute Gasteiger partial charge is 0.311 e. The van der Waals surface area contributed by atoms with Gasteiger partial charge in [-0.25, -0.2) is 0 Å². The molecule has 0 aromatic rings. The molecule has 0 aliphatic heterocycles. The first-order valence-corrected chi connectivity index (χ1v) is 3.98. The Morgan fingerprint density at radius 2 is 2.25 bits per heavy atom. The van der Waals surface area contributed by atoms with Crippen LogP contribution in [0.25, 0.3) is 0 Å². The van der Waals surface area contributed by atoms with Crippen molar-refractivity contribution < 1.29 is 9.90 Å². The van der Waals surface area contributed by atoms with Gasteiger partial charge in [0.25, 0.3) is 0 Å². The monoisotopic (exact) mass is 193 g/mol. The molecule has 12 heavy (non-hydrogen) atoms. The van der Waals surface area contributed by atoms with Crippen LogP contribution in [0, 0.1) is 17.3 Å². The van der Waals surface area contributed by atoms with Crippen LogP contribution in [-0.4, -0.2) is 17.6 Å². The van der Waals surface area contributed by atoms with Gasteiger partial charge in [0.1, 0.15) is 0 Å². The summed E-state index contributed by atoms with van der Waals surface area (Å²) in [5.41, 5.74) is 4.84. The highest BCUT2D eigenvalue weighted by molar-refractivity contribution is 5.85. The van der Waals surface area contributed by atoms with E-state index < -0.39 is 11.4 Å². The molecule has 0 aromatic heterocycles. The molecule has 2 unspecified atom stereocenters. The molecule has 1 aliphatic rings. The highest BCUT2D eigenvalue weighted by Crippen LogP contribution is 2.55. The summed E-state index contributed by atoms with van der Waals surface area (Å²) in [4.78, 5) is 10.7. The number of carboxylic acid groups (broad SMARTS) is 1. The number of halogens is 1. The summed E-state index contributed by atoms with van der Waals surface area (Å²) in [6.45, 7) is 4.38. The molecular weight excluding hydrogens is 178 g/mol. The van der Waals surface area contributed by atoms with Crippen molar-refractivity contribution in [3.8, 4) is 0 Å². The van der Waals surface area contributed by atoms with Gasteiger partial charge in [0.05, 0.1) is 5.41 Å². The fourth-order valence-corrected chi connectivity index (χ4v) is 1.78. The van der Waals surface area contributed by atoms with Crippen LogP contribution in [0.2, 0.25) is 0 Å². The lowest BCUT2D eigenvalue weighted by molar-refractivity contribution is -0.143. The Morgan fingerprint density at radius 3 is 2.33 bits per heavy atom. The van der Waals surface area contributed by atoms with Crippen LogP contribution < -0.4 is 5.73 Å². The molecule has 0 bridgehead atoms. The normalized spacial score (nSPS) is 32.8. The molecule has 2 atom stereocenters. The van der Waals surface area contributed by atoms with E-state index in [9.17, 15) is 4.79 Å². The Kier molecular flexibility index (Phi) is 3.54. The summed E-state index contributed by atoms with van der Waals surface area (Å²) < 4.78 is 0. The second kappa shape index (κ2) is 3.62. The third-order valence-corrected chi connectivity index (χ3v) is 2.73. The molecule has 3 N–H and O–H groups in total. The van der Waals surface area contributed by atoms with Crippen molar-refractivity contribution in [2.45, 2.75) is 20.3 Å². The average molecular weight is 194 g/mol. The molecule has 1 fully saturated rings. The van der Waals surface area contributed by atoms with Gasteiger partial charge in [0, 0.05) is 6.54 Å². The van der Waals surface area contributed by atoms with Gasteiger partial charge < -0.3 is 10.8 Å². The summed E-state index contributed by atoms with van der Waals surface area (Å²) in [6.07, 6.45) is 0.760.